The summed E-state index contributed by atoms with van der Waals surface area (Å²) < 4.78 is 9.56. The minimum Gasteiger partial charge on any atom is -0.477 e. The largest absolute Gasteiger partial charge is 0.477 e. The van der Waals surface area contributed by atoms with E-state index in [4.69, 9.17) is 15.3 Å². The minimum atomic E-state index is -1.37. The van der Waals surface area contributed by atoms with Crippen LogP contribution in [0.2, 0.25) is 0 Å². The predicted octanol–water partition coefficient (Wildman–Crippen LogP) is 0.864. The van der Waals surface area contributed by atoms with E-state index >= 15 is 0 Å². The van der Waals surface area contributed by atoms with E-state index in [1.165, 1.54) is 17.8 Å². The monoisotopic (exact) mass is 538 g/mol. The highest BCUT2D eigenvalue weighted by Gasteiger charge is 2.53. The second-order valence-electron chi connectivity index (χ2n) is 9.47. The standard InChI is InChI=1S/C21H26N6O7S2/c1-20(2,3)33-18(32)21(7-4-5-8-21)34-25-11(13-24-19(22)36-26-13)14(28)23-12-15(29)27-10(17(30)31)6-9-35-16(12)27/h6,12,16H,4-5,7-9H2,1-3H3,(H,23,28)(H,30,31)(H2,22,24,26)/b25-11+. The zero-order valence-electron chi connectivity index (χ0n) is 19.8. The molecule has 1 saturated heterocycles. The number of thioether (sulfide) groups is 1. The first kappa shape index (κ1) is 25.9. The summed E-state index contributed by atoms with van der Waals surface area (Å²) in [5.41, 5.74) is 3.08. The number of carbonyl (C=O) groups is 4. The van der Waals surface area contributed by atoms with Crippen LogP contribution in [0.5, 0.6) is 0 Å². The van der Waals surface area contributed by atoms with Crippen molar-refractivity contribution in [2.75, 3.05) is 11.5 Å². The number of nitrogen functional groups attached to an aromatic ring is 1. The summed E-state index contributed by atoms with van der Waals surface area (Å²) in [7, 11) is 0. The van der Waals surface area contributed by atoms with Crippen LogP contribution in [0.15, 0.2) is 16.9 Å². The third-order valence-electron chi connectivity index (χ3n) is 5.71. The summed E-state index contributed by atoms with van der Waals surface area (Å²) in [6.45, 7) is 5.22. The van der Waals surface area contributed by atoms with Gasteiger partial charge in [-0.15, -0.1) is 11.8 Å². The molecule has 3 heterocycles. The van der Waals surface area contributed by atoms with Crippen LogP contribution in [0, 0.1) is 0 Å². The van der Waals surface area contributed by atoms with Gasteiger partial charge in [-0.2, -0.15) is 9.36 Å². The van der Waals surface area contributed by atoms with Gasteiger partial charge in [0.15, 0.2) is 5.13 Å². The van der Waals surface area contributed by atoms with E-state index in [-0.39, 0.29) is 22.4 Å². The Labute approximate surface area is 214 Å². The summed E-state index contributed by atoms with van der Waals surface area (Å²) in [4.78, 5) is 61.1. The van der Waals surface area contributed by atoms with Crippen molar-refractivity contribution in [3.63, 3.8) is 0 Å². The molecule has 1 aromatic rings. The van der Waals surface area contributed by atoms with Crippen molar-refractivity contribution >= 4 is 57.9 Å². The molecule has 2 aliphatic heterocycles. The molecular formula is C21H26N6O7S2. The van der Waals surface area contributed by atoms with Gasteiger partial charge < -0.3 is 25.7 Å². The molecule has 2 fully saturated rings. The number of carboxylic acid groups (broad SMARTS) is 1. The molecule has 2 atom stereocenters. The molecule has 1 saturated carbocycles. The van der Waals surface area contributed by atoms with Gasteiger partial charge in [-0.05, 0) is 39.7 Å². The molecule has 194 valence electrons. The first-order valence-electron chi connectivity index (χ1n) is 11.2. The third-order valence-corrected chi connectivity index (χ3v) is 7.44. The lowest BCUT2D eigenvalue weighted by atomic mass is 10.0. The van der Waals surface area contributed by atoms with Crippen LogP contribution >= 0.6 is 23.3 Å². The normalized spacial score (nSPS) is 23.3. The number of aliphatic carboxylic acids is 1. The molecule has 0 radical (unpaired) electrons. The number of rotatable bonds is 7. The molecule has 3 aliphatic rings. The summed E-state index contributed by atoms with van der Waals surface area (Å²) >= 11 is 2.15. The lowest BCUT2D eigenvalue weighted by molar-refractivity contribution is -0.183. The molecule has 36 heavy (non-hydrogen) atoms. The van der Waals surface area contributed by atoms with Crippen molar-refractivity contribution in [3.05, 3.63) is 17.6 Å². The molecule has 0 bridgehead atoms. The highest BCUT2D eigenvalue weighted by molar-refractivity contribution is 8.00. The van der Waals surface area contributed by atoms with Gasteiger partial charge in [-0.3, -0.25) is 14.5 Å². The van der Waals surface area contributed by atoms with Crippen LogP contribution in [0.1, 0.15) is 52.3 Å². The number of anilines is 1. The lowest BCUT2D eigenvalue weighted by Crippen LogP contribution is -2.70. The van der Waals surface area contributed by atoms with Gasteiger partial charge >= 0.3 is 11.9 Å². The number of nitrogens with zero attached hydrogens (tertiary/aromatic N) is 4. The van der Waals surface area contributed by atoms with Crippen molar-refractivity contribution in [1.29, 1.82) is 0 Å². The molecule has 2 unspecified atom stereocenters. The molecule has 1 aromatic heterocycles. The number of ether oxygens (including phenoxy) is 1. The van der Waals surface area contributed by atoms with E-state index in [1.54, 1.807) is 20.8 Å². The molecule has 1 aliphatic carbocycles. The van der Waals surface area contributed by atoms with Crippen LogP contribution in [-0.2, 0) is 28.8 Å². The summed E-state index contributed by atoms with van der Waals surface area (Å²) in [6, 6.07) is -0.988. The molecule has 13 nitrogen and oxygen atoms in total. The van der Waals surface area contributed by atoms with E-state index in [0.717, 1.165) is 16.4 Å². The smallest absolute Gasteiger partial charge is 0.353 e. The number of hydrogen-bond donors (Lipinski definition) is 3. The molecule has 15 heteroatoms. The first-order chi connectivity index (χ1) is 16.9. The molecule has 4 rings (SSSR count). The molecule has 0 aromatic carbocycles. The summed E-state index contributed by atoms with van der Waals surface area (Å²) in [5, 5.41) is 15.4. The zero-order chi connectivity index (χ0) is 26.3. The maximum absolute atomic E-state index is 13.2. The Balaban J connectivity index is 1.56. The fourth-order valence-corrected chi connectivity index (χ4v) is 5.68. The highest BCUT2D eigenvalue weighted by Crippen LogP contribution is 2.38. The van der Waals surface area contributed by atoms with Crippen LogP contribution in [-0.4, -0.2) is 77.2 Å². The van der Waals surface area contributed by atoms with Gasteiger partial charge in [-0.25, -0.2) is 9.59 Å². The van der Waals surface area contributed by atoms with Crippen molar-refractivity contribution in [2.45, 2.75) is 69.1 Å². The van der Waals surface area contributed by atoms with Gasteiger partial charge in [0.1, 0.15) is 22.7 Å². The fraction of sp³-hybridized carbons (Fsp3) is 0.571. The number of aromatic nitrogens is 2. The third kappa shape index (κ3) is 5.02. The second-order valence-corrected chi connectivity index (χ2v) is 11.4. The van der Waals surface area contributed by atoms with E-state index < -0.39 is 46.4 Å². The number of nitrogens with two attached hydrogens (primary N) is 1. The van der Waals surface area contributed by atoms with Crippen molar-refractivity contribution in [3.8, 4) is 0 Å². The fourth-order valence-electron chi connectivity index (χ4n) is 4.05. The number of nitrogens with one attached hydrogen (secondary N) is 1. The van der Waals surface area contributed by atoms with Gasteiger partial charge in [0, 0.05) is 30.1 Å². The number of carboxylic acids is 1. The number of carbonyl (C=O) groups excluding carboxylic acids is 3. The Bertz CT molecular complexity index is 1150. The molecule has 4 N–H and O–H groups in total. The predicted molar refractivity (Wildman–Crippen MR) is 130 cm³/mol. The van der Waals surface area contributed by atoms with Crippen LogP contribution in [0.4, 0.5) is 5.13 Å². The lowest BCUT2D eigenvalue weighted by Gasteiger charge is -2.48. The number of fused-ring (bicyclic) bond motifs is 1. The Hall–Kier alpha value is -3.20. The van der Waals surface area contributed by atoms with E-state index in [1.807, 2.05) is 0 Å². The topological polar surface area (TPSA) is 186 Å². The van der Waals surface area contributed by atoms with Gasteiger partial charge in [0.25, 0.3) is 11.8 Å². The van der Waals surface area contributed by atoms with Crippen LogP contribution < -0.4 is 11.1 Å². The number of esters is 1. The molecule has 0 spiro atoms. The number of β-lactam (4-membered cyclic amide) rings is 1. The number of amides is 2. The minimum absolute atomic E-state index is 0.0817. The Morgan fingerprint density at radius 2 is 2.00 bits per heavy atom. The Morgan fingerprint density at radius 1 is 1.31 bits per heavy atom. The molecule has 2 amide bonds. The van der Waals surface area contributed by atoms with Crippen LogP contribution in [0.3, 0.4) is 0 Å². The summed E-state index contributed by atoms with van der Waals surface area (Å²) in [6.07, 6.45) is 3.57. The quantitative estimate of drug-likeness (QED) is 0.193. The second kappa shape index (κ2) is 9.69. The van der Waals surface area contributed by atoms with Crippen LogP contribution in [0.25, 0.3) is 0 Å². The van der Waals surface area contributed by atoms with Gasteiger partial charge in [-0.1, -0.05) is 5.16 Å². The Morgan fingerprint density at radius 3 is 2.58 bits per heavy atom. The number of oxime groups is 1. The van der Waals surface area contributed by atoms with E-state index in [0.29, 0.717) is 31.4 Å². The maximum atomic E-state index is 13.2. The highest BCUT2D eigenvalue weighted by atomic mass is 32.2. The van der Waals surface area contributed by atoms with E-state index in [9.17, 15) is 24.3 Å². The van der Waals surface area contributed by atoms with E-state index in [2.05, 4.69) is 19.8 Å². The first-order valence-corrected chi connectivity index (χ1v) is 13.0. The van der Waals surface area contributed by atoms with Crippen molar-refractivity contribution < 1.29 is 33.9 Å². The maximum Gasteiger partial charge on any atom is 0.353 e. The average molecular weight is 539 g/mol. The average Bonchev–Trinajstić information content (AvgIpc) is 3.46. The Kier molecular flexibility index (Phi) is 6.96. The summed E-state index contributed by atoms with van der Waals surface area (Å²) in [5.74, 6) is -2.96. The molecular weight excluding hydrogens is 512 g/mol. The number of hydrogen-bond acceptors (Lipinski definition) is 12. The van der Waals surface area contributed by atoms with Crippen molar-refractivity contribution in [2.24, 2.45) is 5.16 Å². The van der Waals surface area contributed by atoms with Gasteiger partial charge in [0.05, 0.1) is 0 Å². The SMILES string of the molecule is CC(C)(C)OC(=O)C1(O/N=C(/C(=O)NC2C(=O)N3C(C(=O)O)=CCSC23)c2nsc(N)n2)CCCC1. The van der Waals surface area contributed by atoms with Gasteiger partial charge in [0.2, 0.25) is 17.1 Å². The zero-order valence-corrected chi connectivity index (χ0v) is 21.5. The van der Waals surface area contributed by atoms with Crippen molar-refractivity contribution in [1.82, 2.24) is 19.6 Å².